The Bertz CT molecular complexity index is 1550. The number of benzene rings is 2. The lowest BCUT2D eigenvalue weighted by molar-refractivity contribution is -0.167. The summed E-state index contributed by atoms with van der Waals surface area (Å²) in [4.78, 5) is 69.4. The van der Waals surface area contributed by atoms with E-state index in [1.165, 1.54) is 4.90 Å². The molecule has 1 saturated carbocycles. The molecule has 2 unspecified atom stereocenters. The van der Waals surface area contributed by atoms with Gasteiger partial charge in [0, 0.05) is 46.6 Å². The largest absolute Gasteiger partial charge is 0.489 e. The molecule has 1 heterocycles. The minimum absolute atomic E-state index is 0.0667. The van der Waals surface area contributed by atoms with Gasteiger partial charge in [0.2, 0.25) is 5.91 Å². The van der Waals surface area contributed by atoms with Crippen molar-refractivity contribution >= 4 is 37.6 Å². The van der Waals surface area contributed by atoms with E-state index in [0.717, 1.165) is 23.6 Å². The number of hydrogen-bond acceptors (Lipinski definition) is 8. The molecule has 11 heteroatoms. The predicted octanol–water partition coefficient (Wildman–Crippen LogP) is 5.18. The summed E-state index contributed by atoms with van der Waals surface area (Å²) in [6.07, 6.45) is 2.26. The first kappa shape index (κ1) is 35.3. The number of esters is 2. The summed E-state index contributed by atoms with van der Waals surface area (Å²) in [5.74, 6) is -3.77. The lowest BCUT2D eigenvalue weighted by Gasteiger charge is -2.46. The van der Waals surface area contributed by atoms with Crippen molar-refractivity contribution in [2.45, 2.75) is 82.8 Å². The number of likely N-dealkylation sites (tertiary alicyclic amines) is 1. The lowest BCUT2D eigenvalue weighted by atomic mass is 9.55. The first-order chi connectivity index (χ1) is 22.8. The predicted molar refractivity (Wildman–Crippen MR) is 182 cm³/mol. The maximum Gasteiger partial charge on any atom is 0.310 e. The highest BCUT2D eigenvalue weighted by Gasteiger charge is 2.58. The molecule has 1 saturated heterocycles. The summed E-state index contributed by atoms with van der Waals surface area (Å²) in [6.45, 7) is 9.81. The Morgan fingerprint density at radius 3 is 2.27 bits per heavy atom. The van der Waals surface area contributed by atoms with Gasteiger partial charge < -0.3 is 24.0 Å². The third-order valence-electron chi connectivity index (χ3n) is 9.68. The average Bonchev–Trinajstić information content (AvgIpc) is 3.54. The van der Waals surface area contributed by atoms with Crippen LogP contribution >= 0.6 is 0 Å². The van der Waals surface area contributed by atoms with Gasteiger partial charge in [-0.25, -0.2) is 0 Å². The SMILES string of the molecule is CCCOC(=O)[C@H]1C(C(=O)OCC[Si](C)(C)C)C2CC(=O)[C@H]1c1cc(OCc3ccc(C(=O)N4CCC[C@H]4C(=O)N(C)C)cc3)ccc12. The van der Waals surface area contributed by atoms with Crippen LogP contribution in [0.3, 0.4) is 0 Å². The summed E-state index contributed by atoms with van der Waals surface area (Å²) < 4.78 is 17.4. The molecule has 48 heavy (non-hydrogen) atoms. The van der Waals surface area contributed by atoms with Gasteiger partial charge in [-0.2, -0.15) is 0 Å². The average molecular weight is 677 g/mol. The molecule has 2 fully saturated rings. The standard InChI is InChI=1S/C37H48N2O8Si/c1-7-17-45-37(44)33-31-27-20-25(14-15-26(27)28(21-30(31)40)32(33)36(43)46-18-19-48(4,5)6)47-22-23-10-12-24(13-11-23)34(41)39-16-8-9-29(39)35(42)38(2)3/h10-15,20,28-29,31-33H,7-9,16-19,21-22H2,1-6H3/t28?,29-,31+,32?,33+/m0/s1. The Morgan fingerprint density at radius 2 is 1.60 bits per heavy atom. The highest BCUT2D eigenvalue weighted by molar-refractivity contribution is 6.76. The molecule has 2 amide bonds. The minimum Gasteiger partial charge on any atom is -0.489 e. The van der Waals surface area contributed by atoms with E-state index >= 15 is 0 Å². The van der Waals surface area contributed by atoms with Crippen molar-refractivity contribution < 1.29 is 38.2 Å². The summed E-state index contributed by atoms with van der Waals surface area (Å²) in [5, 5.41) is 0. The molecule has 10 nitrogen and oxygen atoms in total. The molecule has 0 N–H and O–H groups in total. The summed E-state index contributed by atoms with van der Waals surface area (Å²) in [7, 11) is 1.96. The van der Waals surface area contributed by atoms with Crippen molar-refractivity contribution in [2.24, 2.45) is 11.8 Å². The Balaban J connectivity index is 1.31. The number of ketones is 1. The number of amides is 2. The van der Waals surface area contributed by atoms with Crippen LogP contribution in [0.25, 0.3) is 0 Å². The second-order valence-corrected chi connectivity index (χ2v) is 20.2. The molecule has 0 radical (unpaired) electrons. The Kier molecular flexibility index (Phi) is 10.8. The maximum absolute atomic E-state index is 13.5. The molecule has 2 aromatic rings. The van der Waals surface area contributed by atoms with Crippen LogP contribution in [-0.4, -0.2) is 87.3 Å². The second kappa shape index (κ2) is 14.6. The van der Waals surface area contributed by atoms with E-state index in [1.54, 1.807) is 31.1 Å². The molecule has 2 aromatic carbocycles. The zero-order valence-electron chi connectivity index (χ0n) is 29.0. The van der Waals surface area contributed by atoms with Crippen molar-refractivity contribution in [1.82, 2.24) is 9.80 Å². The summed E-state index contributed by atoms with van der Waals surface area (Å²) >= 11 is 0. The van der Waals surface area contributed by atoms with Crippen LogP contribution in [0.1, 0.15) is 71.5 Å². The normalized spacial score (nSPS) is 23.0. The zero-order valence-corrected chi connectivity index (χ0v) is 30.0. The third kappa shape index (κ3) is 7.51. The first-order valence-electron chi connectivity index (χ1n) is 17.0. The van der Waals surface area contributed by atoms with Crippen LogP contribution in [0.2, 0.25) is 25.7 Å². The number of fused-ring (bicyclic) bond motifs is 2. The Labute approximate surface area is 284 Å². The van der Waals surface area contributed by atoms with Gasteiger partial charge in [0.25, 0.3) is 5.91 Å². The van der Waals surface area contributed by atoms with Gasteiger partial charge in [0.05, 0.1) is 31.0 Å². The monoisotopic (exact) mass is 676 g/mol. The van der Waals surface area contributed by atoms with Crippen molar-refractivity contribution in [3.8, 4) is 5.75 Å². The lowest BCUT2D eigenvalue weighted by Crippen LogP contribution is -2.50. The number of carbonyl (C=O) groups excluding carboxylic acids is 5. The molecule has 2 bridgehead atoms. The van der Waals surface area contributed by atoms with Gasteiger partial charge in [-0.1, -0.05) is 44.8 Å². The van der Waals surface area contributed by atoms with Crippen molar-refractivity contribution in [1.29, 1.82) is 0 Å². The third-order valence-corrected chi connectivity index (χ3v) is 11.4. The van der Waals surface area contributed by atoms with Crippen molar-refractivity contribution in [3.05, 3.63) is 64.7 Å². The highest BCUT2D eigenvalue weighted by atomic mass is 28.3. The number of Topliss-reactive ketones (excluding diaryl/α,β-unsaturated/α-hetero) is 1. The zero-order chi connectivity index (χ0) is 34.7. The number of nitrogens with zero attached hydrogens (tertiary/aromatic N) is 2. The summed E-state index contributed by atoms with van der Waals surface area (Å²) in [6, 6.07) is 13.1. The molecular weight excluding hydrogens is 628 g/mol. The molecule has 0 aromatic heterocycles. The van der Waals surface area contributed by atoms with Crippen LogP contribution in [0, 0.1) is 11.8 Å². The topological polar surface area (TPSA) is 120 Å². The number of ether oxygens (including phenoxy) is 3. The van der Waals surface area contributed by atoms with E-state index in [-0.39, 0.29) is 37.2 Å². The minimum atomic E-state index is -1.44. The van der Waals surface area contributed by atoms with E-state index in [1.807, 2.05) is 37.3 Å². The molecule has 4 aliphatic rings. The van der Waals surface area contributed by atoms with Crippen molar-refractivity contribution in [2.75, 3.05) is 33.9 Å². The van der Waals surface area contributed by atoms with Crippen LogP contribution < -0.4 is 4.74 Å². The number of hydrogen-bond donors (Lipinski definition) is 0. The van der Waals surface area contributed by atoms with Gasteiger partial charge in [-0.15, -0.1) is 0 Å². The fourth-order valence-corrected chi connectivity index (χ4v) is 7.85. The maximum atomic E-state index is 13.5. The quantitative estimate of drug-likeness (QED) is 0.223. The van der Waals surface area contributed by atoms with Crippen LogP contribution in [0.5, 0.6) is 5.75 Å². The highest BCUT2D eigenvalue weighted by Crippen LogP contribution is 2.55. The van der Waals surface area contributed by atoms with Crippen LogP contribution in [0.15, 0.2) is 42.5 Å². The number of likely N-dealkylation sites (N-methyl/N-ethyl adjacent to an activating group) is 1. The van der Waals surface area contributed by atoms with E-state index in [2.05, 4.69) is 19.6 Å². The van der Waals surface area contributed by atoms with Crippen LogP contribution in [-0.2, 0) is 35.3 Å². The fraction of sp³-hybridized carbons (Fsp3) is 0.541. The van der Waals surface area contributed by atoms with E-state index in [4.69, 9.17) is 14.2 Å². The van der Waals surface area contributed by atoms with Crippen LogP contribution in [0.4, 0.5) is 0 Å². The van der Waals surface area contributed by atoms with Gasteiger partial charge in [-0.05, 0) is 66.3 Å². The Hall–Kier alpha value is -3.99. The van der Waals surface area contributed by atoms with Crippen molar-refractivity contribution in [3.63, 3.8) is 0 Å². The Morgan fingerprint density at radius 1 is 0.917 bits per heavy atom. The van der Waals surface area contributed by atoms with Gasteiger partial charge in [0.15, 0.2) is 0 Å². The first-order valence-corrected chi connectivity index (χ1v) is 20.7. The number of carbonyl (C=O) groups is 5. The van der Waals surface area contributed by atoms with E-state index in [0.29, 0.717) is 42.9 Å². The summed E-state index contributed by atoms with van der Waals surface area (Å²) in [5.41, 5.74) is 2.92. The molecule has 0 spiro atoms. The molecule has 258 valence electrons. The van der Waals surface area contributed by atoms with Gasteiger partial charge in [-0.3, -0.25) is 24.0 Å². The molecule has 6 rings (SSSR count). The van der Waals surface area contributed by atoms with Gasteiger partial charge >= 0.3 is 11.9 Å². The van der Waals surface area contributed by atoms with E-state index in [9.17, 15) is 24.0 Å². The van der Waals surface area contributed by atoms with E-state index < -0.39 is 49.7 Å². The second-order valence-electron chi connectivity index (χ2n) is 14.6. The molecule has 3 aliphatic carbocycles. The molecular formula is C37H48N2O8Si. The number of rotatable bonds is 12. The fourth-order valence-electron chi connectivity index (χ4n) is 7.14. The molecule has 5 atom stereocenters. The smallest absolute Gasteiger partial charge is 0.310 e. The molecule has 1 aliphatic heterocycles. The van der Waals surface area contributed by atoms with Gasteiger partial charge in [0.1, 0.15) is 24.2 Å².